The molecule has 2 aromatic rings. The zero-order valence-corrected chi connectivity index (χ0v) is 11.8. The van der Waals surface area contributed by atoms with Crippen molar-refractivity contribution in [1.29, 1.82) is 5.26 Å². The first-order valence-corrected chi connectivity index (χ1v) is 7.00. The van der Waals surface area contributed by atoms with Crippen LogP contribution in [0.2, 0.25) is 0 Å². The largest absolute Gasteiger partial charge is 0.497 e. The predicted molar refractivity (Wildman–Crippen MR) is 77.2 cm³/mol. The molecule has 4 heteroatoms. The summed E-state index contributed by atoms with van der Waals surface area (Å²) in [6.45, 7) is 2.05. The van der Waals surface area contributed by atoms with Crippen LogP contribution in [0.5, 0.6) is 5.75 Å². The minimum Gasteiger partial charge on any atom is -0.497 e. The third-order valence-electron chi connectivity index (χ3n) is 3.04. The summed E-state index contributed by atoms with van der Waals surface area (Å²) in [4.78, 5) is 0. The van der Waals surface area contributed by atoms with E-state index in [2.05, 4.69) is 18.3 Å². The second kappa shape index (κ2) is 6.37. The molecule has 1 unspecified atom stereocenters. The van der Waals surface area contributed by atoms with Crippen molar-refractivity contribution < 1.29 is 4.74 Å². The third kappa shape index (κ3) is 3.34. The average molecular weight is 272 g/mol. The number of nitrogens with one attached hydrogen (secondary N) is 1. The number of thiophene rings is 1. The van der Waals surface area contributed by atoms with Gasteiger partial charge in [-0.25, -0.2) is 0 Å². The lowest BCUT2D eigenvalue weighted by atomic mass is 10.1. The summed E-state index contributed by atoms with van der Waals surface area (Å²) in [5.41, 5.74) is 2.16. The molecule has 0 bridgehead atoms. The Morgan fingerprint density at radius 1 is 1.21 bits per heavy atom. The maximum Gasteiger partial charge on any atom is 0.122 e. The van der Waals surface area contributed by atoms with Gasteiger partial charge in [0.15, 0.2) is 0 Å². The summed E-state index contributed by atoms with van der Waals surface area (Å²) >= 11 is 1.60. The molecule has 0 fully saturated rings. The lowest BCUT2D eigenvalue weighted by molar-refractivity contribution is 0.414. The van der Waals surface area contributed by atoms with Gasteiger partial charge in [0.25, 0.3) is 0 Å². The molecule has 1 aromatic carbocycles. The van der Waals surface area contributed by atoms with Gasteiger partial charge in [-0.3, -0.25) is 5.32 Å². The molecular weight excluding hydrogens is 256 g/mol. The summed E-state index contributed by atoms with van der Waals surface area (Å²) < 4.78 is 5.14. The maximum absolute atomic E-state index is 9.25. The molecule has 2 atom stereocenters. The molecule has 0 amide bonds. The fraction of sp³-hybridized carbons (Fsp3) is 0.267. The number of rotatable bonds is 5. The van der Waals surface area contributed by atoms with Gasteiger partial charge >= 0.3 is 0 Å². The quantitative estimate of drug-likeness (QED) is 0.903. The van der Waals surface area contributed by atoms with Crippen molar-refractivity contribution in [3.63, 3.8) is 0 Å². The van der Waals surface area contributed by atoms with E-state index in [0.29, 0.717) is 0 Å². The number of nitriles is 1. The Labute approximate surface area is 117 Å². The second-order valence-corrected chi connectivity index (χ2v) is 5.06. The van der Waals surface area contributed by atoms with Crippen LogP contribution in [0.1, 0.15) is 30.1 Å². The Balaban J connectivity index is 2.07. The first-order chi connectivity index (χ1) is 9.24. The maximum atomic E-state index is 9.25. The second-order valence-electron chi connectivity index (χ2n) is 4.28. The Kier molecular flexibility index (Phi) is 4.56. The van der Waals surface area contributed by atoms with Crippen LogP contribution in [0.25, 0.3) is 0 Å². The van der Waals surface area contributed by atoms with E-state index in [9.17, 15) is 5.26 Å². The molecule has 2 rings (SSSR count). The molecule has 1 N–H and O–H groups in total. The summed E-state index contributed by atoms with van der Waals surface area (Å²) in [6.07, 6.45) is 0. The Morgan fingerprint density at radius 3 is 2.47 bits per heavy atom. The van der Waals surface area contributed by atoms with Gasteiger partial charge < -0.3 is 4.74 Å². The molecule has 19 heavy (non-hydrogen) atoms. The van der Waals surface area contributed by atoms with Crippen molar-refractivity contribution >= 4 is 11.3 Å². The summed E-state index contributed by atoms with van der Waals surface area (Å²) in [7, 11) is 1.65. The van der Waals surface area contributed by atoms with E-state index in [-0.39, 0.29) is 12.1 Å². The van der Waals surface area contributed by atoms with E-state index in [1.165, 1.54) is 0 Å². The van der Waals surface area contributed by atoms with Crippen LogP contribution in [-0.4, -0.2) is 7.11 Å². The lowest BCUT2D eigenvalue weighted by Crippen LogP contribution is -2.23. The number of ether oxygens (including phenoxy) is 1. The zero-order chi connectivity index (χ0) is 13.7. The topological polar surface area (TPSA) is 45.0 Å². The summed E-state index contributed by atoms with van der Waals surface area (Å²) in [5.74, 6) is 0.839. The van der Waals surface area contributed by atoms with Crippen LogP contribution in [-0.2, 0) is 0 Å². The van der Waals surface area contributed by atoms with Crippen molar-refractivity contribution in [2.45, 2.75) is 19.0 Å². The molecule has 98 valence electrons. The molecule has 0 saturated heterocycles. The van der Waals surface area contributed by atoms with Crippen molar-refractivity contribution in [3.05, 3.63) is 52.2 Å². The van der Waals surface area contributed by atoms with Crippen LogP contribution in [0.4, 0.5) is 0 Å². The van der Waals surface area contributed by atoms with Gasteiger partial charge in [-0.05, 0) is 47.0 Å². The van der Waals surface area contributed by atoms with Crippen molar-refractivity contribution in [3.8, 4) is 11.8 Å². The lowest BCUT2D eigenvalue weighted by Gasteiger charge is -2.18. The molecule has 0 spiro atoms. The monoisotopic (exact) mass is 272 g/mol. The van der Waals surface area contributed by atoms with Crippen LogP contribution < -0.4 is 10.1 Å². The SMILES string of the molecule is COc1ccc([C@@H](C)NC(C#N)c2ccsc2)cc1. The Morgan fingerprint density at radius 2 is 1.95 bits per heavy atom. The van der Waals surface area contributed by atoms with Gasteiger partial charge in [-0.1, -0.05) is 12.1 Å². The third-order valence-corrected chi connectivity index (χ3v) is 3.74. The summed E-state index contributed by atoms with van der Waals surface area (Å²) in [5, 5.41) is 16.6. The number of benzene rings is 1. The van der Waals surface area contributed by atoms with Gasteiger partial charge in [0.2, 0.25) is 0 Å². The van der Waals surface area contributed by atoms with E-state index < -0.39 is 0 Å². The predicted octanol–water partition coefficient (Wildman–Crippen LogP) is 3.67. The zero-order valence-electron chi connectivity index (χ0n) is 11.0. The highest BCUT2D eigenvalue weighted by molar-refractivity contribution is 7.08. The Hall–Kier alpha value is -1.83. The van der Waals surface area contributed by atoms with Gasteiger partial charge in [0.05, 0.1) is 13.2 Å². The normalized spacial score (nSPS) is 13.5. The average Bonchev–Trinajstić information content (AvgIpc) is 2.98. The van der Waals surface area contributed by atoms with Crippen LogP contribution in [0.15, 0.2) is 41.1 Å². The highest BCUT2D eigenvalue weighted by atomic mass is 32.1. The summed E-state index contributed by atoms with van der Waals surface area (Å²) in [6, 6.07) is 12.0. The molecule has 3 nitrogen and oxygen atoms in total. The van der Waals surface area contributed by atoms with Gasteiger partial charge in [-0.15, -0.1) is 0 Å². The van der Waals surface area contributed by atoms with E-state index in [0.717, 1.165) is 16.9 Å². The highest BCUT2D eigenvalue weighted by Gasteiger charge is 2.15. The minimum atomic E-state index is -0.275. The standard InChI is InChI=1S/C15H16N2OS/c1-11(12-3-5-14(18-2)6-4-12)17-15(9-16)13-7-8-19-10-13/h3-8,10-11,15,17H,1-2H3/t11-,15?/m1/s1. The van der Waals surface area contributed by atoms with Crippen LogP contribution >= 0.6 is 11.3 Å². The number of hydrogen-bond acceptors (Lipinski definition) is 4. The van der Waals surface area contributed by atoms with Crippen LogP contribution in [0, 0.1) is 11.3 Å². The molecular formula is C15H16N2OS. The number of hydrogen-bond donors (Lipinski definition) is 1. The van der Waals surface area contributed by atoms with Crippen molar-refractivity contribution in [2.75, 3.05) is 7.11 Å². The van der Waals surface area contributed by atoms with E-state index in [1.807, 2.05) is 41.1 Å². The molecule has 0 radical (unpaired) electrons. The van der Waals surface area contributed by atoms with E-state index in [4.69, 9.17) is 4.74 Å². The minimum absolute atomic E-state index is 0.107. The highest BCUT2D eigenvalue weighted by Crippen LogP contribution is 2.22. The van der Waals surface area contributed by atoms with Crippen molar-refractivity contribution in [2.24, 2.45) is 0 Å². The number of nitrogens with zero attached hydrogens (tertiary/aromatic N) is 1. The number of methoxy groups -OCH3 is 1. The fourth-order valence-electron chi connectivity index (χ4n) is 1.89. The first-order valence-electron chi connectivity index (χ1n) is 6.06. The van der Waals surface area contributed by atoms with Gasteiger partial charge in [0.1, 0.15) is 11.8 Å². The molecule has 0 saturated carbocycles. The molecule has 0 aliphatic rings. The smallest absolute Gasteiger partial charge is 0.122 e. The molecule has 1 heterocycles. The van der Waals surface area contributed by atoms with E-state index in [1.54, 1.807) is 18.4 Å². The molecule has 0 aliphatic carbocycles. The van der Waals surface area contributed by atoms with Gasteiger partial charge in [-0.2, -0.15) is 16.6 Å². The molecule has 0 aliphatic heterocycles. The van der Waals surface area contributed by atoms with Crippen LogP contribution in [0.3, 0.4) is 0 Å². The van der Waals surface area contributed by atoms with Gasteiger partial charge in [0, 0.05) is 6.04 Å². The Bertz CT molecular complexity index is 543. The molecule has 1 aromatic heterocycles. The van der Waals surface area contributed by atoms with E-state index >= 15 is 0 Å². The fourth-order valence-corrected chi connectivity index (χ4v) is 2.57. The van der Waals surface area contributed by atoms with Crippen molar-refractivity contribution in [1.82, 2.24) is 5.32 Å². The first kappa shape index (κ1) is 13.6.